The fraction of sp³-hybridized carbons (Fsp3) is 0.556. The lowest BCUT2D eigenvalue weighted by Gasteiger charge is -2.17. The molecule has 2 bridgehead atoms. The number of rotatable bonds is 1. The molecule has 0 aromatic carbocycles. The van der Waals surface area contributed by atoms with Crippen molar-refractivity contribution in [3.8, 4) is 0 Å². The van der Waals surface area contributed by atoms with E-state index < -0.39 is 0 Å². The predicted molar refractivity (Wildman–Crippen MR) is 54.6 cm³/mol. The summed E-state index contributed by atoms with van der Waals surface area (Å²) in [5.74, 6) is 1.16. The Bertz CT molecular complexity index is 467. The van der Waals surface area contributed by atoms with Crippen molar-refractivity contribution >= 4 is 12.2 Å². The van der Waals surface area contributed by atoms with E-state index in [1.807, 2.05) is 0 Å². The number of nitrogens with one attached hydrogen (secondary N) is 2. The number of hydrogen-bond donors (Lipinski definition) is 2. The maximum atomic E-state index is 11.5. The standard InChI is InChI=1S/C9H11N3OS/c13-8-10-11-9(14)12(8)7-4-5-1-2-6(7)3-5/h1-2,5-7H,3-4H2,(H,10,13)(H,11,14). The number of H-pyrrole nitrogens is 2. The van der Waals surface area contributed by atoms with Crippen LogP contribution in [-0.4, -0.2) is 14.8 Å². The fourth-order valence-corrected chi connectivity index (χ4v) is 2.94. The topological polar surface area (TPSA) is 53.6 Å². The zero-order valence-electron chi connectivity index (χ0n) is 7.56. The van der Waals surface area contributed by atoms with Crippen molar-refractivity contribution in [2.45, 2.75) is 18.9 Å². The summed E-state index contributed by atoms with van der Waals surface area (Å²) in [6.07, 6.45) is 6.70. The summed E-state index contributed by atoms with van der Waals surface area (Å²) < 4.78 is 2.20. The van der Waals surface area contributed by atoms with Crippen LogP contribution in [0.5, 0.6) is 0 Å². The molecule has 0 amide bonds. The quantitative estimate of drug-likeness (QED) is 0.542. The number of allylic oxidation sites excluding steroid dienone is 2. The number of nitrogens with zero attached hydrogens (tertiary/aromatic N) is 1. The maximum absolute atomic E-state index is 11.5. The van der Waals surface area contributed by atoms with Crippen molar-refractivity contribution < 1.29 is 0 Å². The zero-order valence-corrected chi connectivity index (χ0v) is 8.38. The molecule has 0 aliphatic heterocycles. The van der Waals surface area contributed by atoms with Crippen molar-refractivity contribution in [3.05, 3.63) is 27.4 Å². The second-order valence-electron chi connectivity index (χ2n) is 4.08. The van der Waals surface area contributed by atoms with E-state index >= 15 is 0 Å². The van der Waals surface area contributed by atoms with Crippen LogP contribution in [-0.2, 0) is 0 Å². The van der Waals surface area contributed by atoms with E-state index in [0.29, 0.717) is 16.6 Å². The Morgan fingerprint density at radius 1 is 1.36 bits per heavy atom. The maximum Gasteiger partial charge on any atom is 0.342 e. The van der Waals surface area contributed by atoms with Gasteiger partial charge < -0.3 is 0 Å². The van der Waals surface area contributed by atoms with E-state index in [0.717, 1.165) is 6.42 Å². The van der Waals surface area contributed by atoms with Crippen molar-refractivity contribution in [1.82, 2.24) is 14.8 Å². The van der Waals surface area contributed by atoms with Gasteiger partial charge in [-0.15, -0.1) is 0 Å². The average molecular weight is 209 g/mol. The minimum Gasteiger partial charge on any atom is -0.272 e. The van der Waals surface area contributed by atoms with Gasteiger partial charge in [0, 0.05) is 6.04 Å². The number of aromatic amines is 2. The number of hydrogen-bond acceptors (Lipinski definition) is 2. The summed E-state index contributed by atoms with van der Waals surface area (Å²) in [5.41, 5.74) is -0.110. The highest BCUT2D eigenvalue weighted by atomic mass is 32.1. The van der Waals surface area contributed by atoms with Gasteiger partial charge in [0.15, 0.2) is 4.77 Å². The Balaban J connectivity index is 2.09. The van der Waals surface area contributed by atoms with Gasteiger partial charge in [-0.05, 0) is 36.9 Å². The molecule has 0 spiro atoms. The van der Waals surface area contributed by atoms with E-state index in [1.54, 1.807) is 4.57 Å². The molecule has 2 N–H and O–H groups in total. The third kappa shape index (κ3) is 0.987. The Labute approximate surface area is 85.6 Å². The number of aromatic nitrogens is 3. The minimum atomic E-state index is -0.110. The van der Waals surface area contributed by atoms with Crippen molar-refractivity contribution in [2.24, 2.45) is 11.8 Å². The third-order valence-electron chi connectivity index (χ3n) is 3.29. The van der Waals surface area contributed by atoms with Crippen molar-refractivity contribution in [3.63, 3.8) is 0 Å². The van der Waals surface area contributed by atoms with Crippen LogP contribution in [0, 0.1) is 16.6 Å². The van der Waals surface area contributed by atoms with Crippen molar-refractivity contribution in [1.29, 1.82) is 0 Å². The fourth-order valence-electron chi connectivity index (χ4n) is 2.67. The highest BCUT2D eigenvalue weighted by molar-refractivity contribution is 7.71. The molecule has 1 fully saturated rings. The smallest absolute Gasteiger partial charge is 0.272 e. The van der Waals surface area contributed by atoms with E-state index in [4.69, 9.17) is 12.2 Å². The molecule has 1 aromatic heterocycles. The molecule has 14 heavy (non-hydrogen) atoms. The van der Waals surface area contributed by atoms with Gasteiger partial charge >= 0.3 is 5.69 Å². The van der Waals surface area contributed by atoms with Crippen LogP contribution in [0.4, 0.5) is 0 Å². The van der Waals surface area contributed by atoms with Gasteiger partial charge in [-0.3, -0.25) is 9.67 Å². The van der Waals surface area contributed by atoms with Crippen LogP contribution in [0.15, 0.2) is 16.9 Å². The first kappa shape index (κ1) is 8.23. The van der Waals surface area contributed by atoms with Gasteiger partial charge in [0.1, 0.15) is 0 Å². The lowest BCUT2D eigenvalue weighted by atomic mass is 10.0. The van der Waals surface area contributed by atoms with Gasteiger partial charge in [0.25, 0.3) is 0 Å². The molecule has 3 atom stereocenters. The molecule has 3 rings (SSSR count). The van der Waals surface area contributed by atoms with Crippen LogP contribution in [0.2, 0.25) is 0 Å². The molecule has 1 saturated carbocycles. The van der Waals surface area contributed by atoms with Gasteiger partial charge in [-0.25, -0.2) is 9.89 Å². The van der Waals surface area contributed by atoms with E-state index in [9.17, 15) is 4.79 Å². The molecular formula is C9H11N3OS. The molecule has 2 aliphatic carbocycles. The second kappa shape index (κ2) is 2.70. The van der Waals surface area contributed by atoms with Crippen LogP contribution < -0.4 is 5.69 Å². The van der Waals surface area contributed by atoms with Crippen LogP contribution in [0.3, 0.4) is 0 Å². The van der Waals surface area contributed by atoms with E-state index in [-0.39, 0.29) is 11.7 Å². The minimum absolute atomic E-state index is 0.110. The monoisotopic (exact) mass is 209 g/mol. The summed E-state index contributed by atoms with van der Waals surface area (Å²) in [4.78, 5) is 11.5. The van der Waals surface area contributed by atoms with Gasteiger partial charge in [0.05, 0.1) is 0 Å². The third-order valence-corrected chi connectivity index (χ3v) is 3.59. The first-order valence-electron chi connectivity index (χ1n) is 4.83. The molecule has 3 unspecified atom stereocenters. The summed E-state index contributed by atoms with van der Waals surface area (Å²) in [6.45, 7) is 0. The van der Waals surface area contributed by atoms with E-state index in [1.165, 1.54) is 6.42 Å². The first-order chi connectivity index (χ1) is 6.75. The zero-order chi connectivity index (χ0) is 9.71. The van der Waals surface area contributed by atoms with E-state index in [2.05, 4.69) is 22.3 Å². The molecule has 1 aromatic rings. The summed E-state index contributed by atoms with van der Waals surface area (Å²) in [5, 5.41) is 5.22. The Morgan fingerprint density at radius 3 is 2.71 bits per heavy atom. The normalized spacial score (nSPS) is 34.1. The lowest BCUT2D eigenvalue weighted by Crippen LogP contribution is -2.25. The second-order valence-corrected chi connectivity index (χ2v) is 4.46. The van der Waals surface area contributed by atoms with Gasteiger partial charge in [-0.1, -0.05) is 12.2 Å². The molecule has 0 saturated heterocycles. The predicted octanol–water partition coefficient (Wildman–Crippen LogP) is 1.37. The van der Waals surface area contributed by atoms with Crippen LogP contribution in [0.1, 0.15) is 18.9 Å². The summed E-state index contributed by atoms with van der Waals surface area (Å²) >= 11 is 5.08. The Kier molecular flexibility index (Phi) is 1.58. The number of fused-ring (bicyclic) bond motifs is 2. The summed E-state index contributed by atoms with van der Waals surface area (Å²) in [7, 11) is 0. The molecule has 1 heterocycles. The SMILES string of the molecule is O=c1[nH][nH]c(=S)n1C1CC2C=CC1C2. The highest BCUT2D eigenvalue weighted by Gasteiger charge is 2.37. The lowest BCUT2D eigenvalue weighted by molar-refractivity contribution is 0.417. The Morgan fingerprint density at radius 2 is 2.21 bits per heavy atom. The molecule has 0 radical (unpaired) electrons. The average Bonchev–Trinajstić information content (AvgIpc) is 2.81. The first-order valence-corrected chi connectivity index (χ1v) is 5.24. The molecular weight excluding hydrogens is 198 g/mol. The largest absolute Gasteiger partial charge is 0.342 e. The molecule has 4 nitrogen and oxygen atoms in total. The van der Waals surface area contributed by atoms with Crippen molar-refractivity contribution in [2.75, 3.05) is 0 Å². The molecule has 5 heteroatoms. The summed E-state index contributed by atoms with van der Waals surface area (Å²) in [6, 6.07) is 0.271. The van der Waals surface area contributed by atoms with Gasteiger partial charge in [0.2, 0.25) is 0 Å². The highest BCUT2D eigenvalue weighted by Crippen LogP contribution is 2.45. The van der Waals surface area contributed by atoms with Crippen LogP contribution in [0.25, 0.3) is 0 Å². The molecule has 2 aliphatic rings. The van der Waals surface area contributed by atoms with Gasteiger partial charge in [-0.2, -0.15) is 0 Å². The van der Waals surface area contributed by atoms with Crippen LogP contribution >= 0.6 is 12.2 Å². The Hall–Kier alpha value is -1.10. The molecule has 74 valence electrons.